The second kappa shape index (κ2) is 9.00. The Bertz CT molecular complexity index is 640. The van der Waals surface area contributed by atoms with Gasteiger partial charge in [-0.05, 0) is 52.0 Å². The zero-order chi connectivity index (χ0) is 19.2. The van der Waals surface area contributed by atoms with Crippen LogP contribution in [0.1, 0.15) is 70.2 Å². The molecule has 1 fully saturated rings. The lowest BCUT2D eigenvalue weighted by atomic mass is 9.90. The van der Waals surface area contributed by atoms with Crippen molar-refractivity contribution in [2.24, 2.45) is 5.92 Å². The van der Waals surface area contributed by atoms with Crippen LogP contribution in [0.3, 0.4) is 0 Å². The van der Waals surface area contributed by atoms with Crippen molar-refractivity contribution >= 4 is 6.09 Å². The van der Waals surface area contributed by atoms with Gasteiger partial charge >= 0.3 is 6.09 Å². The monoisotopic (exact) mass is 359 g/mol. The molecule has 0 aromatic carbocycles. The van der Waals surface area contributed by atoms with Crippen molar-refractivity contribution in [3.05, 3.63) is 29.6 Å². The van der Waals surface area contributed by atoms with E-state index in [-0.39, 0.29) is 6.09 Å². The zero-order valence-electron chi connectivity index (χ0n) is 15.9. The molecule has 1 unspecified atom stereocenters. The van der Waals surface area contributed by atoms with Crippen molar-refractivity contribution < 1.29 is 14.6 Å². The summed E-state index contributed by atoms with van der Waals surface area (Å²) in [7, 11) is 0. The molecule has 1 aliphatic rings. The third-order valence-corrected chi connectivity index (χ3v) is 4.66. The van der Waals surface area contributed by atoms with Gasteiger partial charge in [0.2, 0.25) is 0 Å². The van der Waals surface area contributed by atoms with Crippen LogP contribution >= 0.6 is 0 Å². The van der Waals surface area contributed by atoms with Crippen molar-refractivity contribution in [2.45, 2.75) is 64.6 Å². The molecule has 26 heavy (non-hydrogen) atoms. The molecule has 2 heterocycles. The van der Waals surface area contributed by atoms with Crippen LogP contribution in [0.4, 0.5) is 4.79 Å². The quantitative estimate of drug-likeness (QED) is 0.864. The lowest BCUT2D eigenvalue weighted by molar-refractivity contribution is 0.0179. The zero-order valence-corrected chi connectivity index (χ0v) is 15.9. The molecule has 2 rings (SSSR count). The molecule has 1 amide bonds. The average molecular weight is 359 g/mol. The van der Waals surface area contributed by atoms with Gasteiger partial charge < -0.3 is 14.7 Å². The van der Waals surface area contributed by atoms with Gasteiger partial charge in [0.05, 0.1) is 6.10 Å². The van der Waals surface area contributed by atoms with Crippen LogP contribution in [-0.2, 0) is 4.74 Å². The first-order valence-electron chi connectivity index (χ1n) is 9.31. The lowest BCUT2D eigenvalue weighted by Crippen LogP contribution is -2.41. The molecule has 1 saturated heterocycles. The van der Waals surface area contributed by atoms with Gasteiger partial charge in [-0.2, -0.15) is 5.26 Å². The number of nitrogens with zero attached hydrogens (tertiary/aromatic N) is 3. The maximum atomic E-state index is 12.1. The van der Waals surface area contributed by atoms with Crippen LogP contribution in [-0.4, -0.2) is 39.8 Å². The third kappa shape index (κ3) is 5.99. The number of amides is 1. The molecule has 0 saturated carbocycles. The molecule has 6 heteroatoms. The number of nitriles is 1. The summed E-state index contributed by atoms with van der Waals surface area (Å²) in [6, 6.07) is 5.53. The minimum absolute atomic E-state index is 0.230. The average Bonchev–Trinajstić information content (AvgIpc) is 2.60. The van der Waals surface area contributed by atoms with E-state index in [4.69, 9.17) is 10.00 Å². The molecule has 1 aromatic rings. The highest BCUT2D eigenvalue weighted by Gasteiger charge is 2.26. The summed E-state index contributed by atoms with van der Waals surface area (Å²) in [4.78, 5) is 17.9. The number of rotatable bonds is 5. The molecular formula is C20H29N3O3. The molecule has 1 aliphatic heterocycles. The number of hydrogen-bond acceptors (Lipinski definition) is 5. The molecule has 1 N–H and O–H groups in total. The Balaban J connectivity index is 1.72. The molecule has 6 nitrogen and oxygen atoms in total. The Kier molecular flexibility index (Phi) is 6.98. The number of aromatic nitrogens is 1. The smallest absolute Gasteiger partial charge is 0.410 e. The highest BCUT2D eigenvalue weighted by molar-refractivity contribution is 5.68. The fraction of sp³-hybridized carbons (Fsp3) is 0.650. The summed E-state index contributed by atoms with van der Waals surface area (Å²) >= 11 is 0. The number of pyridine rings is 1. The number of piperidine rings is 1. The van der Waals surface area contributed by atoms with Crippen molar-refractivity contribution in [3.63, 3.8) is 0 Å². The van der Waals surface area contributed by atoms with Crippen molar-refractivity contribution in [1.29, 1.82) is 5.26 Å². The maximum Gasteiger partial charge on any atom is 0.410 e. The minimum Gasteiger partial charge on any atom is -0.444 e. The predicted molar refractivity (Wildman–Crippen MR) is 98.3 cm³/mol. The number of aliphatic hydroxyl groups excluding tert-OH is 1. The summed E-state index contributed by atoms with van der Waals surface area (Å²) in [6.07, 6.45) is 5.13. The Morgan fingerprint density at radius 3 is 2.77 bits per heavy atom. The van der Waals surface area contributed by atoms with E-state index in [0.717, 1.165) is 38.8 Å². The van der Waals surface area contributed by atoms with Crippen LogP contribution in [0.2, 0.25) is 0 Å². The van der Waals surface area contributed by atoms with Gasteiger partial charge in [-0.15, -0.1) is 0 Å². The SMILES string of the molecule is CC(C)(C)OC(=O)N1CCC(CCCC(O)c2cccnc2C#N)CC1. The standard InChI is InChI=1S/C20H29N3O3/c1-20(2,3)26-19(25)23-12-9-15(10-13-23)6-4-8-18(24)16-7-5-11-22-17(16)14-21/h5,7,11,15,18,24H,4,6,8-10,12-13H2,1-3H3. The third-order valence-electron chi connectivity index (χ3n) is 4.66. The van der Waals surface area contributed by atoms with Crippen LogP contribution in [0.5, 0.6) is 0 Å². The van der Waals surface area contributed by atoms with Crippen LogP contribution in [0.15, 0.2) is 18.3 Å². The molecule has 1 atom stereocenters. The highest BCUT2D eigenvalue weighted by atomic mass is 16.6. The molecule has 0 spiro atoms. The Labute approximate surface area is 155 Å². The van der Waals surface area contributed by atoms with Crippen molar-refractivity contribution in [1.82, 2.24) is 9.88 Å². The summed E-state index contributed by atoms with van der Waals surface area (Å²) in [5.41, 5.74) is 0.443. The van der Waals surface area contributed by atoms with Gasteiger partial charge in [0.25, 0.3) is 0 Å². The van der Waals surface area contributed by atoms with Gasteiger partial charge in [-0.1, -0.05) is 18.9 Å². The van der Waals surface area contributed by atoms with Crippen LogP contribution in [0.25, 0.3) is 0 Å². The van der Waals surface area contributed by atoms with E-state index < -0.39 is 11.7 Å². The minimum atomic E-state index is -0.653. The highest BCUT2D eigenvalue weighted by Crippen LogP contribution is 2.27. The fourth-order valence-corrected chi connectivity index (χ4v) is 3.27. The van der Waals surface area contributed by atoms with E-state index in [9.17, 15) is 9.90 Å². The lowest BCUT2D eigenvalue weighted by Gasteiger charge is -2.33. The van der Waals surface area contributed by atoms with E-state index in [1.54, 1.807) is 23.2 Å². The number of likely N-dealkylation sites (tertiary alicyclic amines) is 1. The van der Waals surface area contributed by atoms with Crippen molar-refractivity contribution in [2.75, 3.05) is 13.1 Å². The molecule has 1 aromatic heterocycles. The number of hydrogen-bond donors (Lipinski definition) is 1. The van der Waals surface area contributed by atoms with Gasteiger partial charge in [-0.3, -0.25) is 0 Å². The number of aliphatic hydroxyl groups is 1. The molecule has 0 bridgehead atoms. The Morgan fingerprint density at radius 2 is 2.15 bits per heavy atom. The summed E-state index contributed by atoms with van der Waals surface area (Å²) in [5.74, 6) is 0.560. The van der Waals surface area contributed by atoms with E-state index in [2.05, 4.69) is 4.98 Å². The van der Waals surface area contributed by atoms with E-state index >= 15 is 0 Å². The van der Waals surface area contributed by atoms with E-state index in [0.29, 0.717) is 23.6 Å². The fourth-order valence-electron chi connectivity index (χ4n) is 3.27. The van der Waals surface area contributed by atoms with Gasteiger partial charge in [0.1, 0.15) is 17.4 Å². The van der Waals surface area contributed by atoms with E-state index in [1.165, 1.54) is 0 Å². The van der Waals surface area contributed by atoms with Gasteiger partial charge in [0.15, 0.2) is 0 Å². The summed E-state index contributed by atoms with van der Waals surface area (Å²) in [6.45, 7) is 7.08. The molecule has 0 radical (unpaired) electrons. The Morgan fingerprint density at radius 1 is 1.46 bits per heavy atom. The number of carbonyl (C=O) groups is 1. The normalized spacial score (nSPS) is 16.8. The maximum absolute atomic E-state index is 12.1. The number of carbonyl (C=O) groups excluding carboxylic acids is 1. The molecule has 0 aliphatic carbocycles. The van der Waals surface area contributed by atoms with Gasteiger partial charge in [0, 0.05) is 24.8 Å². The first-order valence-corrected chi connectivity index (χ1v) is 9.31. The first-order chi connectivity index (χ1) is 12.3. The number of ether oxygens (including phenoxy) is 1. The summed E-state index contributed by atoms with van der Waals surface area (Å²) in [5, 5.41) is 19.4. The first kappa shape index (κ1) is 20.2. The van der Waals surface area contributed by atoms with Crippen molar-refractivity contribution in [3.8, 4) is 6.07 Å². The van der Waals surface area contributed by atoms with Gasteiger partial charge in [-0.25, -0.2) is 9.78 Å². The predicted octanol–water partition coefficient (Wildman–Crippen LogP) is 3.80. The van der Waals surface area contributed by atoms with Crippen LogP contribution < -0.4 is 0 Å². The molecule has 142 valence electrons. The topological polar surface area (TPSA) is 86.4 Å². The molecular weight excluding hydrogens is 330 g/mol. The summed E-state index contributed by atoms with van der Waals surface area (Å²) < 4.78 is 5.42. The Hall–Kier alpha value is -2.13. The second-order valence-electron chi connectivity index (χ2n) is 7.91. The second-order valence-corrected chi connectivity index (χ2v) is 7.91. The largest absolute Gasteiger partial charge is 0.444 e. The van der Waals surface area contributed by atoms with E-state index in [1.807, 2.05) is 26.8 Å². The van der Waals surface area contributed by atoms with Crippen LogP contribution in [0, 0.1) is 17.2 Å².